The third-order valence-corrected chi connectivity index (χ3v) is 8.84. The van der Waals surface area contributed by atoms with Gasteiger partial charge < -0.3 is 25.6 Å². The highest BCUT2D eigenvalue weighted by atomic mass is 32.2. The molecule has 4 N–H and O–H groups in total. The molecule has 46 heavy (non-hydrogen) atoms. The van der Waals surface area contributed by atoms with Crippen molar-refractivity contribution in [2.75, 3.05) is 26.5 Å². The fraction of sp³-hybridized carbons (Fsp3) is 0.267. The smallest absolute Gasteiger partial charge is 0.424 e. The Morgan fingerprint density at radius 2 is 1.83 bits per heavy atom. The molecule has 0 bridgehead atoms. The SMILES string of the molecule is COc1cc(C(=O)NCC(O)(c2cc3c(c(-c4ccc(F)cc4)n2)OC[C@]3(C)C(N)=O)C(F)(F)F)cc2cc(S(C)(=O)=O)cnc12. The number of nitrogens with two attached hydrogens (primary N) is 1. The second-order valence-corrected chi connectivity index (χ2v) is 13.0. The van der Waals surface area contributed by atoms with Crippen molar-refractivity contribution in [2.45, 2.75) is 29.0 Å². The van der Waals surface area contributed by atoms with Crippen LogP contribution in [0.15, 0.2) is 59.6 Å². The fourth-order valence-electron chi connectivity index (χ4n) is 4.93. The van der Waals surface area contributed by atoms with E-state index in [-0.39, 0.29) is 56.3 Å². The van der Waals surface area contributed by atoms with E-state index in [4.69, 9.17) is 15.2 Å². The van der Waals surface area contributed by atoms with E-state index in [9.17, 15) is 40.7 Å². The molecule has 2 atom stereocenters. The van der Waals surface area contributed by atoms with Crippen LogP contribution in [-0.2, 0) is 25.6 Å². The molecular weight excluding hydrogens is 636 g/mol. The number of methoxy groups -OCH3 is 1. The number of benzene rings is 2. The molecule has 11 nitrogen and oxygen atoms in total. The first-order chi connectivity index (χ1) is 21.4. The highest BCUT2D eigenvalue weighted by molar-refractivity contribution is 7.90. The van der Waals surface area contributed by atoms with Gasteiger partial charge in [-0.05, 0) is 55.5 Å². The van der Waals surface area contributed by atoms with Gasteiger partial charge in [-0.2, -0.15) is 13.2 Å². The molecule has 2 aromatic carbocycles. The standard InChI is InChI=1S/C30H26F4N4O7S/c1-28(27(35)40)14-45-25-20(28)11-22(38-24(25)15-4-6-18(31)7-5-15)29(41,30(32,33)34)13-37-26(39)17-8-16-9-19(46(3,42)43)12-36-23(16)21(10-17)44-2/h4-12,41H,13-14H2,1-3H3,(H2,35,40)(H,37,39)/t28-,29?/m0/s1. The summed E-state index contributed by atoms with van der Waals surface area (Å²) in [5, 5.41) is 13.5. The molecule has 16 heteroatoms. The van der Waals surface area contributed by atoms with Crippen LogP contribution in [0.1, 0.15) is 28.5 Å². The number of ether oxygens (including phenoxy) is 2. The fourth-order valence-corrected chi connectivity index (χ4v) is 5.52. The monoisotopic (exact) mass is 662 g/mol. The third kappa shape index (κ3) is 5.58. The lowest BCUT2D eigenvalue weighted by Crippen LogP contribution is -2.51. The quantitative estimate of drug-likeness (QED) is 0.240. The summed E-state index contributed by atoms with van der Waals surface area (Å²) in [6, 6.07) is 9.02. The van der Waals surface area contributed by atoms with E-state index in [1.54, 1.807) is 0 Å². The number of alkyl halides is 3. The van der Waals surface area contributed by atoms with Crippen LogP contribution in [0.5, 0.6) is 11.5 Å². The van der Waals surface area contributed by atoms with Crippen LogP contribution in [0.25, 0.3) is 22.2 Å². The van der Waals surface area contributed by atoms with Crippen molar-refractivity contribution in [3.8, 4) is 22.8 Å². The molecule has 0 aliphatic carbocycles. The van der Waals surface area contributed by atoms with Gasteiger partial charge in [0.25, 0.3) is 5.91 Å². The number of pyridine rings is 2. The lowest BCUT2D eigenvalue weighted by atomic mass is 9.81. The Morgan fingerprint density at radius 1 is 1.15 bits per heavy atom. The first-order valence-electron chi connectivity index (χ1n) is 13.4. The van der Waals surface area contributed by atoms with Gasteiger partial charge in [0.1, 0.15) is 40.5 Å². The molecule has 2 aromatic heterocycles. The van der Waals surface area contributed by atoms with Crippen LogP contribution in [0.3, 0.4) is 0 Å². The summed E-state index contributed by atoms with van der Waals surface area (Å²) in [6.07, 6.45) is -3.38. The average molecular weight is 663 g/mol. The zero-order valence-corrected chi connectivity index (χ0v) is 25.2. The van der Waals surface area contributed by atoms with Gasteiger partial charge in [-0.3, -0.25) is 14.6 Å². The van der Waals surface area contributed by atoms with E-state index >= 15 is 0 Å². The van der Waals surface area contributed by atoms with Gasteiger partial charge in [-0.25, -0.2) is 17.8 Å². The zero-order chi connectivity index (χ0) is 33.8. The highest BCUT2D eigenvalue weighted by Crippen LogP contribution is 2.47. The Kier molecular flexibility index (Phi) is 7.93. The predicted molar refractivity (Wildman–Crippen MR) is 155 cm³/mol. The Bertz CT molecular complexity index is 2010. The number of sulfone groups is 1. The van der Waals surface area contributed by atoms with Crippen molar-refractivity contribution >= 4 is 32.6 Å². The minimum absolute atomic E-state index is 0.0312. The third-order valence-electron chi connectivity index (χ3n) is 7.76. The van der Waals surface area contributed by atoms with Gasteiger partial charge in [0.2, 0.25) is 11.5 Å². The summed E-state index contributed by atoms with van der Waals surface area (Å²) < 4.78 is 92.8. The van der Waals surface area contributed by atoms with E-state index in [1.807, 2.05) is 0 Å². The van der Waals surface area contributed by atoms with E-state index in [0.717, 1.165) is 30.7 Å². The minimum Gasteiger partial charge on any atom is -0.494 e. The molecule has 1 aliphatic heterocycles. The van der Waals surface area contributed by atoms with Crippen LogP contribution in [-0.4, -0.2) is 68.0 Å². The molecule has 1 aliphatic rings. The average Bonchev–Trinajstić information content (AvgIpc) is 3.35. The molecule has 0 saturated carbocycles. The Labute approximate surface area is 259 Å². The second-order valence-electron chi connectivity index (χ2n) is 11.0. The molecule has 5 rings (SSSR count). The number of aromatic nitrogens is 2. The number of fused-ring (bicyclic) bond motifs is 2. The van der Waals surface area contributed by atoms with E-state index in [2.05, 4.69) is 15.3 Å². The largest absolute Gasteiger partial charge is 0.494 e. The zero-order valence-electron chi connectivity index (χ0n) is 24.4. The van der Waals surface area contributed by atoms with Gasteiger partial charge in [0.15, 0.2) is 9.84 Å². The number of nitrogens with zero attached hydrogens (tertiary/aromatic N) is 2. The predicted octanol–water partition coefficient (Wildman–Crippen LogP) is 3.16. The lowest BCUT2D eigenvalue weighted by molar-refractivity contribution is -0.265. The van der Waals surface area contributed by atoms with E-state index in [1.165, 1.54) is 44.4 Å². The normalized spacial score (nSPS) is 17.6. The number of aliphatic hydroxyl groups is 1. The van der Waals surface area contributed by atoms with E-state index in [0.29, 0.717) is 0 Å². The summed E-state index contributed by atoms with van der Waals surface area (Å²) in [6.45, 7) is -0.428. The van der Waals surface area contributed by atoms with Crippen molar-refractivity contribution < 1.29 is 50.1 Å². The Balaban J connectivity index is 1.59. The maximum Gasteiger partial charge on any atom is 0.424 e. The second kappa shape index (κ2) is 11.2. The van der Waals surface area contributed by atoms with Crippen LogP contribution >= 0.6 is 0 Å². The first kappa shape index (κ1) is 32.6. The topological polar surface area (TPSA) is 171 Å². The molecule has 0 fully saturated rings. The summed E-state index contributed by atoms with van der Waals surface area (Å²) >= 11 is 0. The van der Waals surface area contributed by atoms with Gasteiger partial charge >= 0.3 is 6.18 Å². The van der Waals surface area contributed by atoms with E-state index < -0.39 is 56.9 Å². The summed E-state index contributed by atoms with van der Waals surface area (Å²) in [7, 11) is -2.44. The van der Waals surface area contributed by atoms with Crippen LogP contribution in [0, 0.1) is 5.82 Å². The maximum absolute atomic E-state index is 14.7. The molecule has 0 radical (unpaired) electrons. The maximum atomic E-state index is 14.7. The molecular formula is C30H26F4N4O7S. The van der Waals surface area contributed by atoms with Crippen molar-refractivity contribution in [1.82, 2.24) is 15.3 Å². The number of amides is 2. The number of carbonyl (C=O) groups is 2. The van der Waals surface area contributed by atoms with Gasteiger partial charge in [0.05, 0.1) is 24.2 Å². The summed E-state index contributed by atoms with van der Waals surface area (Å²) in [5.74, 6) is -2.68. The number of rotatable bonds is 8. The molecule has 3 heterocycles. The van der Waals surface area contributed by atoms with Crippen LogP contribution in [0.4, 0.5) is 17.6 Å². The minimum atomic E-state index is -5.43. The summed E-state index contributed by atoms with van der Waals surface area (Å²) in [4.78, 5) is 33.6. The highest BCUT2D eigenvalue weighted by Gasteiger charge is 2.57. The molecule has 1 unspecified atom stereocenters. The van der Waals surface area contributed by atoms with Crippen molar-refractivity contribution in [2.24, 2.45) is 5.73 Å². The number of halogens is 4. The molecule has 2 amide bonds. The number of hydrogen-bond acceptors (Lipinski definition) is 9. The number of carbonyl (C=O) groups excluding carboxylic acids is 2. The first-order valence-corrected chi connectivity index (χ1v) is 15.3. The number of hydrogen-bond donors (Lipinski definition) is 3. The van der Waals surface area contributed by atoms with Crippen molar-refractivity contribution in [3.05, 3.63) is 77.4 Å². The molecule has 0 spiro atoms. The van der Waals surface area contributed by atoms with Crippen LogP contribution in [0.2, 0.25) is 0 Å². The Morgan fingerprint density at radius 3 is 2.41 bits per heavy atom. The van der Waals surface area contributed by atoms with Gasteiger partial charge in [-0.1, -0.05) is 0 Å². The van der Waals surface area contributed by atoms with Crippen molar-refractivity contribution in [1.29, 1.82) is 0 Å². The van der Waals surface area contributed by atoms with Crippen molar-refractivity contribution in [3.63, 3.8) is 0 Å². The summed E-state index contributed by atoms with van der Waals surface area (Å²) in [5.41, 5.74) is -1.08. The number of primary amides is 1. The van der Waals surface area contributed by atoms with Crippen LogP contribution < -0.4 is 20.5 Å². The lowest BCUT2D eigenvalue weighted by Gasteiger charge is -2.31. The molecule has 242 valence electrons. The Hall–Kier alpha value is -4.83. The van der Waals surface area contributed by atoms with Gasteiger partial charge in [-0.15, -0.1) is 0 Å². The van der Waals surface area contributed by atoms with Gasteiger partial charge in [0, 0.05) is 34.5 Å². The molecule has 4 aromatic rings. The molecule has 0 saturated heterocycles. The number of nitrogens with one attached hydrogen (secondary N) is 1.